The second-order valence-corrected chi connectivity index (χ2v) is 12.6. The fourth-order valence-electron chi connectivity index (χ4n) is 3.15. The molecule has 0 atom stereocenters. The Labute approximate surface area is 246 Å². The molecule has 5 nitrogen and oxygen atoms in total. The van der Waals surface area contributed by atoms with Crippen molar-refractivity contribution in [2.45, 2.75) is 85.0 Å². The van der Waals surface area contributed by atoms with E-state index in [-0.39, 0.29) is 23.8 Å². The fraction of sp³-hybridized carbons (Fsp3) is 0.594. The van der Waals surface area contributed by atoms with E-state index >= 15 is 0 Å². The molecule has 0 aromatic rings. The third-order valence-corrected chi connectivity index (χ3v) is 7.92. The van der Waals surface area contributed by atoms with Crippen LogP contribution in [0.3, 0.4) is 0 Å². The molecular weight excluding hydrogens is 524 g/mol. The van der Waals surface area contributed by atoms with E-state index in [9.17, 15) is 14.7 Å². The summed E-state index contributed by atoms with van der Waals surface area (Å²) in [6, 6.07) is 0. The Morgan fingerprint density at radius 2 is 1.28 bits per heavy atom. The number of carbonyl (C=O) groups excluding carboxylic acids is 2. The Morgan fingerprint density at radius 1 is 0.769 bits per heavy atom. The van der Waals surface area contributed by atoms with Gasteiger partial charge < -0.3 is 15.7 Å². The lowest BCUT2D eigenvalue weighted by molar-refractivity contribution is -0.121. The van der Waals surface area contributed by atoms with E-state index < -0.39 is 0 Å². The second kappa shape index (κ2) is 27.6. The zero-order valence-corrected chi connectivity index (χ0v) is 26.1. The molecule has 0 aromatic heterocycles. The van der Waals surface area contributed by atoms with Crippen LogP contribution >= 0.6 is 21.6 Å². The fourth-order valence-corrected chi connectivity index (χ4v) is 4.96. The summed E-state index contributed by atoms with van der Waals surface area (Å²) < 4.78 is 0. The van der Waals surface area contributed by atoms with Gasteiger partial charge in [-0.25, -0.2) is 0 Å². The summed E-state index contributed by atoms with van der Waals surface area (Å²) in [4.78, 5) is 23.7. The molecule has 0 fully saturated rings. The van der Waals surface area contributed by atoms with Gasteiger partial charge in [0.2, 0.25) is 11.8 Å². The molecule has 0 bridgehead atoms. The molecule has 2 amide bonds. The number of hydrogen-bond donors (Lipinski definition) is 3. The van der Waals surface area contributed by atoms with Gasteiger partial charge in [-0.1, -0.05) is 91.0 Å². The third kappa shape index (κ3) is 28.9. The molecule has 0 rings (SSSR count). The van der Waals surface area contributed by atoms with Crippen LogP contribution in [0.25, 0.3) is 0 Å². The van der Waals surface area contributed by atoms with E-state index in [0.29, 0.717) is 32.4 Å². The molecule has 0 saturated heterocycles. The highest BCUT2D eigenvalue weighted by Gasteiger charge is 2.16. The topological polar surface area (TPSA) is 78.4 Å². The summed E-state index contributed by atoms with van der Waals surface area (Å²) in [5.41, 5.74) is 3.03. The molecular formula is C32H52N2O3S2. The summed E-state index contributed by atoms with van der Waals surface area (Å²) in [6.07, 6.45) is 29.5. The number of aliphatic hydroxyl groups is 1. The highest BCUT2D eigenvalue weighted by molar-refractivity contribution is 8.76. The maximum Gasteiger partial charge on any atom is 0.220 e. The van der Waals surface area contributed by atoms with Gasteiger partial charge in [-0.2, -0.15) is 0 Å². The first-order valence-corrected chi connectivity index (χ1v) is 16.8. The van der Waals surface area contributed by atoms with Crippen molar-refractivity contribution in [2.24, 2.45) is 5.41 Å². The standard InChI is InChI=1S/C32H52N2O3S2/c1-4-5-6-7-8-9-10-11-12-13-14-15-16-17-18-19-20-22-30(36)33-25-27-38-39-28-26-34-31(37)23-21-24-32(2,3)29-35/h5-6,8-9,11-12,14-15,17,19,35H,4,7,10,13,16,20-29H2,1-3H3,(H,33,36)(H,34,37)/b6-5-,9-8-,12-11-,15-14-. The molecule has 3 N–H and O–H groups in total. The van der Waals surface area contributed by atoms with Gasteiger partial charge in [0, 0.05) is 44.0 Å². The highest BCUT2D eigenvalue weighted by Crippen LogP contribution is 2.22. The number of allylic oxidation sites excluding steroid dienone is 9. The first-order valence-electron chi connectivity index (χ1n) is 14.3. The van der Waals surface area contributed by atoms with Gasteiger partial charge in [0.05, 0.1) is 0 Å². The number of rotatable bonds is 24. The van der Waals surface area contributed by atoms with Gasteiger partial charge in [-0.3, -0.25) is 9.59 Å². The van der Waals surface area contributed by atoms with E-state index in [4.69, 9.17) is 0 Å². The monoisotopic (exact) mass is 576 g/mol. The van der Waals surface area contributed by atoms with Crippen LogP contribution in [0.5, 0.6) is 0 Å². The third-order valence-electron chi connectivity index (χ3n) is 5.51. The van der Waals surface area contributed by atoms with Crippen LogP contribution in [0.4, 0.5) is 0 Å². The minimum atomic E-state index is -0.116. The molecule has 7 heteroatoms. The minimum Gasteiger partial charge on any atom is -0.396 e. The van der Waals surface area contributed by atoms with Crippen LogP contribution < -0.4 is 10.6 Å². The Hall–Kier alpha value is -1.92. The molecule has 0 aliphatic heterocycles. The molecule has 0 spiro atoms. The minimum absolute atomic E-state index is 0.0641. The molecule has 220 valence electrons. The quantitative estimate of drug-likeness (QED) is 0.0481. The Kier molecular flexibility index (Phi) is 26.3. The number of nitrogens with one attached hydrogen (secondary N) is 2. The van der Waals surface area contributed by atoms with Crippen LogP contribution in [0.2, 0.25) is 0 Å². The summed E-state index contributed by atoms with van der Waals surface area (Å²) >= 11 is 0. The molecule has 39 heavy (non-hydrogen) atoms. The molecule has 0 aliphatic rings. The lowest BCUT2D eigenvalue weighted by atomic mass is 9.88. The zero-order valence-electron chi connectivity index (χ0n) is 24.5. The van der Waals surface area contributed by atoms with Gasteiger partial charge in [0.1, 0.15) is 0 Å². The first kappa shape index (κ1) is 37.1. The lowest BCUT2D eigenvalue weighted by Gasteiger charge is -2.20. The van der Waals surface area contributed by atoms with E-state index in [0.717, 1.165) is 56.5 Å². The van der Waals surface area contributed by atoms with E-state index in [1.165, 1.54) is 0 Å². The van der Waals surface area contributed by atoms with E-state index in [1.54, 1.807) is 21.6 Å². The second-order valence-electron chi connectivity index (χ2n) is 9.87. The first-order chi connectivity index (χ1) is 18.9. The van der Waals surface area contributed by atoms with Crippen LogP contribution in [-0.2, 0) is 9.59 Å². The Bertz CT molecular complexity index is 810. The number of carbonyl (C=O) groups is 2. The summed E-state index contributed by atoms with van der Waals surface area (Å²) in [7, 11) is 3.41. The van der Waals surface area contributed by atoms with Crippen molar-refractivity contribution in [3.8, 4) is 0 Å². The van der Waals surface area contributed by atoms with Crippen molar-refractivity contribution >= 4 is 33.4 Å². The summed E-state index contributed by atoms with van der Waals surface area (Å²) in [6.45, 7) is 7.60. The van der Waals surface area contributed by atoms with Crippen molar-refractivity contribution in [3.63, 3.8) is 0 Å². The molecule has 0 heterocycles. The SMILES string of the molecule is CC/C=C\C/C=C\C/C=C\C/C=C\CC=C=CCCC(=O)NCCSSCCNC(=O)CCCC(C)(C)CO. The summed E-state index contributed by atoms with van der Waals surface area (Å²) in [5.74, 6) is 1.81. The molecule has 0 aliphatic carbocycles. The predicted octanol–water partition coefficient (Wildman–Crippen LogP) is 7.48. The van der Waals surface area contributed by atoms with Crippen LogP contribution in [0.15, 0.2) is 66.5 Å². The van der Waals surface area contributed by atoms with Gasteiger partial charge in [-0.15, -0.1) is 5.73 Å². The zero-order chi connectivity index (χ0) is 28.9. The van der Waals surface area contributed by atoms with Crippen LogP contribution in [0.1, 0.15) is 85.0 Å². The predicted molar refractivity (Wildman–Crippen MR) is 173 cm³/mol. The molecule has 0 aromatic carbocycles. The van der Waals surface area contributed by atoms with Crippen molar-refractivity contribution in [1.82, 2.24) is 10.6 Å². The van der Waals surface area contributed by atoms with Crippen molar-refractivity contribution < 1.29 is 14.7 Å². The van der Waals surface area contributed by atoms with Gasteiger partial charge >= 0.3 is 0 Å². The Balaban J connectivity index is 3.59. The lowest BCUT2D eigenvalue weighted by Crippen LogP contribution is -2.26. The van der Waals surface area contributed by atoms with Gasteiger partial charge in [0.15, 0.2) is 0 Å². The van der Waals surface area contributed by atoms with Gasteiger partial charge in [0.25, 0.3) is 0 Å². The molecule has 0 unspecified atom stereocenters. The van der Waals surface area contributed by atoms with Crippen LogP contribution in [-0.4, -0.2) is 48.1 Å². The Morgan fingerprint density at radius 3 is 1.82 bits per heavy atom. The number of hydrogen-bond acceptors (Lipinski definition) is 5. The van der Waals surface area contributed by atoms with E-state index in [1.807, 2.05) is 26.0 Å². The average molecular weight is 577 g/mol. The maximum atomic E-state index is 11.9. The largest absolute Gasteiger partial charge is 0.396 e. The highest BCUT2D eigenvalue weighted by atomic mass is 33.1. The van der Waals surface area contributed by atoms with Gasteiger partial charge in [-0.05, 0) is 68.9 Å². The van der Waals surface area contributed by atoms with Crippen molar-refractivity contribution in [1.29, 1.82) is 0 Å². The normalized spacial score (nSPS) is 12.0. The van der Waals surface area contributed by atoms with Crippen LogP contribution in [0, 0.1) is 5.41 Å². The molecule has 0 radical (unpaired) electrons. The number of aliphatic hydroxyl groups excluding tert-OH is 1. The smallest absolute Gasteiger partial charge is 0.220 e. The van der Waals surface area contributed by atoms with Crippen molar-refractivity contribution in [2.75, 3.05) is 31.2 Å². The summed E-state index contributed by atoms with van der Waals surface area (Å²) in [5, 5.41) is 15.1. The maximum absolute atomic E-state index is 11.9. The van der Waals surface area contributed by atoms with E-state index in [2.05, 4.69) is 71.9 Å². The number of amides is 2. The van der Waals surface area contributed by atoms with Crippen molar-refractivity contribution in [3.05, 3.63) is 66.5 Å². The average Bonchev–Trinajstić information content (AvgIpc) is 2.91. The molecule has 0 saturated carbocycles.